The van der Waals surface area contributed by atoms with Crippen molar-refractivity contribution >= 4 is 23.7 Å². The van der Waals surface area contributed by atoms with E-state index in [1.807, 2.05) is 6.92 Å². The van der Waals surface area contributed by atoms with Gasteiger partial charge in [0.05, 0.1) is 0 Å². The molecule has 72 valence electrons. The number of rotatable bonds is 1. The summed E-state index contributed by atoms with van der Waals surface area (Å²) >= 11 is 1.75. The van der Waals surface area contributed by atoms with Gasteiger partial charge in [0.15, 0.2) is 0 Å². The van der Waals surface area contributed by atoms with E-state index in [9.17, 15) is 9.59 Å². The van der Waals surface area contributed by atoms with Gasteiger partial charge in [-0.3, -0.25) is 9.69 Å². The van der Waals surface area contributed by atoms with Gasteiger partial charge in [0.25, 0.3) is 5.91 Å². The number of hydrogen-bond acceptors (Lipinski definition) is 3. The Bertz CT molecular complexity index is 233. The summed E-state index contributed by atoms with van der Waals surface area (Å²) in [6.45, 7) is 3.05. The molecule has 1 unspecified atom stereocenters. The average Bonchev–Trinajstić information content (AvgIpc) is 2.41. The van der Waals surface area contributed by atoms with Crippen LogP contribution in [-0.4, -0.2) is 52.4 Å². The Morgan fingerprint density at radius 2 is 2.31 bits per heavy atom. The van der Waals surface area contributed by atoms with Crippen LogP contribution >= 0.6 is 11.8 Å². The maximum atomic E-state index is 11.6. The average molecular weight is 200 g/mol. The van der Waals surface area contributed by atoms with E-state index >= 15 is 0 Å². The van der Waals surface area contributed by atoms with Crippen molar-refractivity contribution in [1.29, 1.82) is 0 Å². The van der Waals surface area contributed by atoms with Crippen molar-refractivity contribution < 1.29 is 9.59 Å². The van der Waals surface area contributed by atoms with Gasteiger partial charge >= 0.3 is 6.03 Å². The van der Waals surface area contributed by atoms with Crippen LogP contribution in [0, 0.1) is 0 Å². The van der Waals surface area contributed by atoms with E-state index in [-0.39, 0.29) is 18.0 Å². The fraction of sp³-hybridized carbons (Fsp3) is 0.750. The van der Waals surface area contributed by atoms with Crippen LogP contribution in [0.4, 0.5) is 4.79 Å². The molecule has 0 bridgehead atoms. The highest BCUT2D eigenvalue weighted by Gasteiger charge is 2.45. The summed E-state index contributed by atoms with van der Waals surface area (Å²) in [4.78, 5) is 26.3. The minimum Gasteiger partial charge on any atom is -0.311 e. The standard InChI is InChI=1S/C8H12N2O2S/c1-2-9-7(11)6-5-13-4-3-10(6)8(9)12/h6H,2-5H2,1H3. The number of imide groups is 1. The molecule has 0 radical (unpaired) electrons. The molecule has 2 heterocycles. The van der Waals surface area contributed by atoms with E-state index in [0.717, 1.165) is 18.1 Å². The van der Waals surface area contributed by atoms with E-state index < -0.39 is 0 Å². The molecule has 0 spiro atoms. The first kappa shape index (κ1) is 8.87. The summed E-state index contributed by atoms with van der Waals surface area (Å²) in [6, 6.07) is -0.274. The molecule has 1 atom stereocenters. The molecule has 13 heavy (non-hydrogen) atoms. The van der Waals surface area contributed by atoms with Crippen LogP contribution in [0.25, 0.3) is 0 Å². The highest BCUT2D eigenvalue weighted by Crippen LogP contribution is 2.25. The summed E-state index contributed by atoms with van der Waals surface area (Å²) in [5, 5.41) is 0. The third kappa shape index (κ3) is 1.22. The van der Waals surface area contributed by atoms with Crippen molar-refractivity contribution in [1.82, 2.24) is 9.80 Å². The van der Waals surface area contributed by atoms with E-state index in [4.69, 9.17) is 0 Å². The quantitative estimate of drug-likeness (QED) is 0.575. The largest absolute Gasteiger partial charge is 0.327 e. The summed E-state index contributed by atoms with van der Waals surface area (Å²) in [7, 11) is 0. The molecular weight excluding hydrogens is 188 g/mol. The molecule has 2 rings (SSSR count). The number of amides is 3. The zero-order chi connectivity index (χ0) is 9.42. The second-order valence-electron chi connectivity index (χ2n) is 3.15. The number of urea groups is 1. The lowest BCUT2D eigenvalue weighted by Gasteiger charge is -2.25. The van der Waals surface area contributed by atoms with Crippen LogP contribution in [0.15, 0.2) is 0 Å². The van der Waals surface area contributed by atoms with Crippen molar-refractivity contribution in [3.63, 3.8) is 0 Å². The maximum Gasteiger partial charge on any atom is 0.327 e. The third-order valence-electron chi connectivity index (χ3n) is 2.47. The molecule has 0 aromatic heterocycles. The highest BCUT2D eigenvalue weighted by molar-refractivity contribution is 7.99. The summed E-state index contributed by atoms with van der Waals surface area (Å²) in [6.07, 6.45) is 0. The Morgan fingerprint density at radius 1 is 1.54 bits per heavy atom. The first-order valence-corrected chi connectivity index (χ1v) is 5.61. The van der Waals surface area contributed by atoms with Gasteiger partial charge in [0.2, 0.25) is 0 Å². The van der Waals surface area contributed by atoms with Crippen molar-refractivity contribution in [2.24, 2.45) is 0 Å². The van der Waals surface area contributed by atoms with Crippen molar-refractivity contribution in [2.45, 2.75) is 13.0 Å². The number of hydrogen-bond donors (Lipinski definition) is 0. The van der Waals surface area contributed by atoms with Crippen molar-refractivity contribution in [2.75, 3.05) is 24.6 Å². The van der Waals surface area contributed by atoms with Crippen LogP contribution in [-0.2, 0) is 4.79 Å². The van der Waals surface area contributed by atoms with Crippen LogP contribution < -0.4 is 0 Å². The lowest BCUT2D eigenvalue weighted by Crippen LogP contribution is -2.41. The van der Waals surface area contributed by atoms with Gasteiger partial charge in [-0.1, -0.05) is 0 Å². The van der Waals surface area contributed by atoms with Gasteiger partial charge < -0.3 is 4.90 Å². The van der Waals surface area contributed by atoms with Crippen molar-refractivity contribution in [3.8, 4) is 0 Å². The minimum atomic E-state index is -0.175. The van der Waals surface area contributed by atoms with Gasteiger partial charge in [-0.25, -0.2) is 4.79 Å². The Kier molecular flexibility index (Phi) is 2.19. The Balaban J connectivity index is 2.22. The Hall–Kier alpha value is -0.710. The smallest absolute Gasteiger partial charge is 0.311 e. The molecule has 3 amide bonds. The van der Waals surface area contributed by atoms with Crippen LogP contribution in [0.5, 0.6) is 0 Å². The number of carbonyl (C=O) groups is 2. The number of fused-ring (bicyclic) bond motifs is 1. The normalized spacial score (nSPS) is 28.2. The van der Waals surface area contributed by atoms with Crippen LogP contribution in [0.2, 0.25) is 0 Å². The lowest BCUT2D eigenvalue weighted by atomic mass is 10.3. The molecular formula is C8H12N2O2S. The number of thioether (sulfide) groups is 1. The number of nitrogens with zero attached hydrogens (tertiary/aromatic N) is 2. The Labute approximate surface area is 81.2 Å². The van der Waals surface area contributed by atoms with E-state index in [1.165, 1.54) is 4.90 Å². The molecule has 4 nitrogen and oxygen atoms in total. The van der Waals surface area contributed by atoms with Crippen LogP contribution in [0.3, 0.4) is 0 Å². The molecule has 2 aliphatic heterocycles. The monoisotopic (exact) mass is 200 g/mol. The van der Waals surface area contributed by atoms with Gasteiger partial charge in [-0.2, -0.15) is 11.8 Å². The van der Waals surface area contributed by atoms with E-state index in [1.54, 1.807) is 16.7 Å². The van der Waals surface area contributed by atoms with Crippen LogP contribution in [0.1, 0.15) is 6.92 Å². The molecule has 0 aromatic carbocycles. The first-order chi connectivity index (χ1) is 6.25. The second-order valence-corrected chi connectivity index (χ2v) is 4.30. The zero-order valence-corrected chi connectivity index (χ0v) is 8.34. The number of likely N-dealkylation sites (N-methyl/N-ethyl adjacent to an activating group) is 1. The first-order valence-electron chi connectivity index (χ1n) is 4.45. The lowest BCUT2D eigenvalue weighted by molar-refractivity contribution is -0.127. The highest BCUT2D eigenvalue weighted by atomic mass is 32.2. The van der Waals surface area contributed by atoms with Gasteiger partial charge in [-0.15, -0.1) is 0 Å². The number of carbonyl (C=O) groups excluding carboxylic acids is 2. The molecule has 0 aliphatic carbocycles. The predicted octanol–water partition coefficient (Wildman–Crippen LogP) is 0.386. The fourth-order valence-electron chi connectivity index (χ4n) is 1.76. The molecule has 2 saturated heterocycles. The van der Waals surface area contributed by atoms with E-state index in [0.29, 0.717) is 6.54 Å². The summed E-state index contributed by atoms with van der Waals surface area (Å²) in [5.41, 5.74) is 0. The topological polar surface area (TPSA) is 40.6 Å². The minimum absolute atomic E-state index is 0.0142. The van der Waals surface area contributed by atoms with Gasteiger partial charge in [-0.05, 0) is 6.92 Å². The van der Waals surface area contributed by atoms with Gasteiger partial charge in [0.1, 0.15) is 6.04 Å². The molecule has 0 N–H and O–H groups in total. The fourth-order valence-corrected chi connectivity index (χ4v) is 2.80. The van der Waals surface area contributed by atoms with Gasteiger partial charge in [0, 0.05) is 24.6 Å². The third-order valence-corrected chi connectivity index (χ3v) is 3.50. The SMILES string of the molecule is CCN1C(=O)C2CSCCN2C1=O. The molecule has 0 aromatic rings. The molecule has 5 heteroatoms. The second kappa shape index (κ2) is 3.21. The summed E-state index contributed by atoms with van der Waals surface area (Å²) < 4.78 is 0. The molecule has 2 fully saturated rings. The zero-order valence-electron chi connectivity index (χ0n) is 7.52. The predicted molar refractivity (Wildman–Crippen MR) is 50.6 cm³/mol. The molecule has 2 aliphatic rings. The Morgan fingerprint density at radius 3 is 2.92 bits per heavy atom. The van der Waals surface area contributed by atoms with Crippen molar-refractivity contribution in [3.05, 3.63) is 0 Å². The summed E-state index contributed by atoms with van der Waals surface area (Å²) in [5.74, 6) is 1.70. The maximum absolute atomic E-state index is 11.6. The molecule has 0 saturated carbocycles. The van der Waals surface area contributed by atoms with E-state index in [2.05, 4.69) is 0 Å².